The molecular formula is C6H6INO. The van der Waals surface area contributed by atoms with Crippen LogP contribution in [0, 0.1) is 0 Å². The average Bonchev–Trinajstić information content (AvgIpc) is 1.88. The van der Waals surface area contributed by atoms with E-state index >= 15 is 0 Å². The number of hydrogen-bond acceptors (Lipinski definition) is 2. The maximum Gasteiger partial charge on any atom is 0.117 e. The summed E-state index contributed by atoms with van der Waals surface area (Å²) >= 11 is 2.01. The van der Waals surface area contributed by atoms with Crippen molar-refractivity contribution < 1.29 is 5.11 Å². The molecule has 2 N–H and O–H groups in total. The summed E-state index contributed by atoms with van der Waals surface area (Å²) in [5, 5.41) is 8.90. The van der Waals surface area contributed by atoms with Gasteiger partial charge in [-0.1, -0.05) is 6.07 Å². The first-order valence-corrected chi connectivity index (χ1v) is 3.56. The lowest BCUT2D eigenvalue weighted by molar-refractivity contribution is 0.475. The van der Waals surface area contributed by atoms with Crippen molar-refractivity contribution in [2.75, 3.05) is 3.53 Å². The Morgan fingerprint density at radius 1 is 1.44 bits per heavy atom. The van der Waals surface area contributed by atoms with E-state index in [0.717, 1.165) is 5.69 Å². The summed E-state index contributed by atoms with van der Waals surface area (Å²) in [7, 11) is 0. The Morgan fingerprint density at radius 3 is 2.67 bits per heavy atom. The Kier molecular flexibility index (Phi) is 2.16. The predicted molar refractivity (Wildman–Crippen MR) is 45.7 cm³/mol. The van der Waals surface area contributed by atoms with E-state index in [1.54, 1.807) is 18.2 Å². The fourth-order valence-electron chi connectivity index (χ4n) is 0.565. The third kappa shape index (κ3) is 1.74. The van der Waals surface area contributed by atoms with Crippen LogP contribution in [0.25, 0.3) is 0 Å². The molecule has 0 heterocycles. The molecule has 48 valence electrons. The van der Waals surface area contributed by atoms with E-state index in [0.29, 0.717) is 0 Å². The van der Waals surface area contributed by atoms with E-state index in [-0.39, 0.29) is 5.75 Å². The quantitative estimate of drug-likeness (QED) is 0.577. The van der Waals surface area contributed by atoms with Gasteiger partial charge in [0, 0.05) is 11.8 Å². The number of phenolic OH excluding ortho intramolecular Hbond substituents is 1. The monoisotopic (exact) mass is 235 g/mol. The molecule has 0 saturated carbocycles. The number of phenols is 1. The van der Waals surface area contributed by atoms with Crippen LogP contribution in [0.15, 0.2) is 24.3 Å². The van der Waals surface area contributed by atoms with Gasteiger partial charge in [-0.2, -0.15) is 0 Å². The van der Waals surface area contributed by atoms with Crippen LogP contribution < -0.4 is 3.53 Å². The molecule has 0 unspecified atom stereocenters. The van der Waals surface area contributed by atoms with Crippen molar-refractivity contribution in [2.45, 2.75) is 0 Å². The summed E-state index contributed by atoms with van der Waals surface area (Å²) in [6.07, 6.45) is 0. The van der Waals surface area contributed by atoms with Crippen LogP contribution in [0.4, 0.5) is 5.69 Å². The zero-order chi connectivity index (χ0) is 6.69. The number of hydrogen-bond donors (Lipinski definition) is 2. The van der Waals surface area contributed by atoms with Crippen molar-refractivity contribution in [3.63, 3.8) is 0 Å². The van der Waals surface area contributed by atoms with Crippen LogP contribution >= 0.6 is 22.9 Å². The molecule has 9 heavy (non-hydrogen) atoms. The minimum absolute atomic E-state index is 0.289. The topological polar surface area (TPSA) is 32.3 Å². The third-order valence-corrected chi connectivity index (χ3v) is 1.58. The van der Waals surface area contributed by atoms with Gasteiger partial charge in [0.1, 0.15) is 5.75 Å². The van der Waals surface area contributed by atoms with Gasteiger partial charge < -0.3 is 8.64 Å². The van der Waals surface area contributed by atoms with E-state index in [1.807, 2.05) is 28.9 Å². The summed E-state index contributed by atoms with van der Waals surface area (Å²) in [6, 6.07) is 6.96. The summed E-state index contributed by atoms with van der Waals surface area (Å²) in [6.45, 7) is 0. The molecular weight excluding hydrogens is 229 g/mol. The summed E-state index contributed by atoms with van der Waals surface area (Å²) in [5.74, 6) is 0.289. The minimum atomic E-state index is 0.289. The molecule has 0 aromatic heterocycles. The van der Waals surface area contributed by atoms with Gasteiger partial charge in [0.15, 0.2) is 0 Å². The Bertz CT molecular complexity index is 202. The largest absolute Gasteiger partial charge is 0.508 e. The zero-order valence-electron chi connectivity index (χ0n) is 4.63. The Balaban J connectivity index is 2.94. The molecule has 0 aliphatic carbocycles. The average molecular weight is 235 g/mol. The van der Waals surface area contributed by atoms with Crippen LogP contribution in [0.3, 0.4) is 0 Å². The number of nitrogens with one attached hydrogen (secondary N) is 1. The molecule has 0 aliphatic rings. The highest BCUT2D eigenvalue weighted by Crippen LogP contribution is 2.15. The molecule has 0 saturated heterocycles. The molecule has 0 aliphatic heterocycles. The van der Waals surface area contributed by atoms with Crippen molar-refractivity contribution in [1.82, 2.24) is 0 Å². The van der Waals surface area contributed by atoms with E-state index in [1.165, 1.54) is 0 Å². The van der Waals surface area contributed by atoms with Gasteiger partial charge in [-0.25, -0.2) is 0 Å². The van der Waals surface area contributed by atoms with Gasteiger partial charge in [-0.3, -0.25) is 0 Å². The maximum absolute atomic E-state index is 8.90. The molecule has 2 nitrogen and oxygen atoms in total. The predicted octanol–water partition coefficient (Wildman–Crippen LogP) is 2.15. The fourth-order valence-corrected chi connectivity index (χ4v) is 0.900. The van der Waals surface area contributed by atoms with Crippen LogP contribution in [-0.2, 0) is 0 Å². The van der Waals surface area contributed by atoms with E-state index < -0.39 is 0 Å². The molecule has 0 amide bonds. The molecule has 0 spiro atoms. The lowest BCUT2D eigenvalue weighted by Gasteiger charge is -1.95. The maximum atomic E-state index is 8.90. The second kappa shape index (κ2) is 2.91. The number of halogens is 1. The van der Waals surface area contributed by atoms with Crippen LogP contribution in [0.5, 0.6) is 5.75 Å². The van der Waals surface area contributed by atoms with E-state index in [9.17, 15) is 0 Å². The van der Waals surface area contributed by atoms with Crippen molar-refractivity contribution in [3.05, 3.63) is 24.3 Å². The molecule has 1 aromatic carbocycles. The highest BCUT2D eigenvalue weighted by molar-refractivity contribution is 14.1. The molecule has 0 fully saturated rings. The normalized spacial score (nSPS) is 9.00. The number of anilines is 1. The van der Waals surface area contributed by atoms with E-state index in [2.05, 4.69) is 3.53 Å². The lowest BCUT2D eigenvalue weighted by atomic mass is 10.3. The van der Waals surface area contributed by atoms with Gasteiger partial charge >= 0.3 is 0 Å². The number of aromatic hydroxyl groups is 1. The van der Waals surface area contributed by atoms with Crippen molar-refractivity contribution in [2.24, 2.45) is 0 Å². The molecule has 1 aromatic rings. The van der Waals surface area contributed by atoms with Crippen molar-refractivity contribution >= 4 is 28.6 Å². The summed E-state index contributed by atoms with van der Waals surface area (Å²) < 4.78 is 2.88. The smallest absolute Gasteiger partial charge is 0.117 e. The first-order chi connectivity index (χ1) is 4.33. The molecule has 0 atom stereocenters. The molecule has 3 heteroatoms. The van der Waals surface area contributed by atoms with Gasteiger partial charge in [0.25, 0.3) is 0 Å². The zero-order valence-corrected chi connectivity index (χ0v) is 6.79. The standard InChI is InChI=1S/C6H6INO/c7-8-5-2-1-3-6(9)4-5/h1-4,8-9H. The minimum Gasteiger partial charge on any atom is -0.508 e. The Labute approximate surface area is 67.4 Å². The third-order valence-electron chi connectivity index (χ3n) is 0.955. The first kappa shape index (κ1) is 6.67. The number of benzene rings is 1. The van der Waals surface area contributed by atoms with Crippen molar-refractivity contribution in [3.8, 4) is 5.75 Å². The second-order valence-electron chi connectivity index (χ2n) is 1.64. The van der Waals surface area contributed by atoms with Crippen LogP contribution in [-0.4, -0.2) is 5.11 Å². The molecule has 0 radical (unpaired) electrons. The highest BCUT2D eigenvalue weighted by atomic mass is 127. The summed E-state index contributed by atoms with van der Waals surface area (Å²) in [5.41, 5.74) is 0.913. The van der Waals surface area contributed by atoms with Crippen LogP contribution in [0.2, 0.25) is 0 Å². The molecule has 1 rings (SSSR count). The number of rotatable bonds is 1. The molecule has 0 bridgehead atoms. The SMILES string of the molecule is Oc1cccc(NI)c1. The Hall–Kier alpha value is -0.450. The van der Waals surface area contributed by atoms with Gasteiger partial charge in [0.05, 0.1) is 22.9 Å². The Morgan fingerprint density at radius 2 is 2.22 bits per heavy atom. The van der Waals surface area contributed by atoms with Gasteiger partial charge in [0.2, 0.25) is 0 Å². The lowest BCUT2D eigenvalue weighted by Crippen LogP contribution is -1.75. The summed E-state index contributed by atoms with van der Waals surface area (Å²) in [4.78, 5) is 0. The second-order valence-corrected chi connectivity index (χ2v) is 2.18. The van der Waals surface area contributed by atoms with Crippen LogP contribution in [0.1, 0.15) is 0 Å². The van der Waals surface area contributed by atoms with Gasteiger partial charge in [-0.05, 0) is 12.1 Å². The first-order valence-electron chi connectivity index (χ1n) is 2.48. The van der Waals surface area contributed by atoms with Crippen molar-refractivity contribution in [1.29, 1.82) is 0 Å². The van der Waals surface area contributed by atoms with Gasteiger partial charge in [-0.15, -0.1) is 0 Å². The van der Waals surface area contributed by atoms with E-state index in [4.69, 9.17) is 5.11 Å². The fraction of sp³-hybridized carbons (Fsp3) is 0. The highest BCUT2D eigenvalue weighted by Gasteiger charge is 1.87.